The Bertz CT molecular complexity index is 1290. The Hall–Kier alpha value is -2.80. The maximum absolute atomic E-state index is 13.0. The van der Waals surface area contributed by atoms with Gasteiger partial charge in [-0.15, -0.1) is 10.2 Å². The quantitative estimate of drug-likeness (QED) is 0.299. The Morgan fingerprint density at radius 1 is 1.03 bits per heavy atom. The number of hydrogen-bond donors (Lipinski definition) is 1. The zero-order valence-corrected chi connectivity index (χ0v) is 21.8. The number of hydrogen-bond acceptors (Lipinski definition) is 7. The van der Waals surface area contributed by atoms with Crippen LogP contribution in [-0.2, 0) is 23.6 Å². The van der Waals surface area contributed by atoms with Gasteiger partial charge in [-0.2, -0.15) is 5.26 Å². The third kappa shape index (κ3) is 4.85. The topological polar surface area (TPSA) is 128 Å². The summed E-state index contributed by atoms with van der Waals surface area (Å²) < 4.78 is 1.52. The van der Waals surface area contributed by atoms with Gasteiger partial charge in [-0.3, -0.25) is 23.9 Å². The SMILES string of the molecule is Cc1c(C#N)c(O)n(CC(C)C)c(=O)c1N=Nc1c(Br)ccc2c1C(=O)N(CC(C)C)C2=O.[Cu+2]. The van der Waals surface area contributed by atoms with Crippen LogP contribution in [0.2, 0.25) is 0 Å². The van der Waals surface area contributed by atoms with Gasteiger partial charge in [-0.1, -0.05) is 27.7 Å². The third-order valence-corrected chi connectivity index (χ3v) is 5.82. The second-order valence-corrected chi connectivity index (χ2v) is 9.58. The van der Waals surface area contributed by atoms with Crippen LogP contribution in [0.15, 0.2) is 31.6 Å². The van der Waals surface area contributed by atoms with E-state index in [1.54, 1.807) is 12.1 Å². The van der Waals surface area contributed by atoms with Crippen molar-refractivity contribution in [1.29, 1.82) is 5.26 Å². The summed E-state index contributed by atoms with van der Waals surface area (Å²) in [7, 11) is 0. The fraction of sp³-hybridized carbons (Fsp3) is 0.391. The molecule has 0 atom stereocenters. The molecule has 1 aliphatic rings. The van der Waals surface area contributed by atoms with E-state index in [4.69, 9.17) is 0 Å². The van der Waals surface area contributed by atoms with Crippen molar-refractivity contribution in [2.45, 2.75) is 41.2 Å². The minimum Gasteiger partial charge on any atom is -0.493 e. The van der Waals surface area contributed by atoms with Gasteiger partial charge >= 0.3 is 17.1 Å². The Balaban J connectivity index is 0.00000408. The van der Waals surface area contributed by atoms with Crippen molar-refractivity contribution < 1.29 is 31.8 Å². The molecule has 9 nitrogen and oxygen atoms in total. The van der Waals surface area contributed by atoms with Gasteiger partial charge < -0.3 is 5.11 Å². The molecule has 34 heavy (non-hydrogen) atoms. The van der Waals surface area contributed by atoms with Crippen molar-refractivity contribution in [1.82, 2.24) is 9.47 Å². The number of rotatable bonds is 6. The molecule has 0 spiro atoms. The number of nitrogens with zero attached hydrogens (tertiary/aromatic N) is 5. The minimum atomic E-state index is -0.603. The van der Waals surface area contributed by atoms with Crippen LogP contribution in [0.5, 0.6) is 5.88 Å². The zero-order valence-electron chi connectivity index (χ0n) is 19.3. The fourth-order valence-corrected chi connectivity index (χ4v) is 4.06. The molecular weight excluding hydrogens is 554 g/mol. The summed E-state index contributed by atoms with van der Waals surface area (Å²) in [6.07, 6.45) is 0. The van der Waals surface area contributed by atoms with E-state index < -0.39 is 23.3 Å². The molecule has 11 heteroatoms. The number of aromatic hydroxyl groups is 1. The number of azo groups is 1. The first kappa shape index (κ1) is 27.4. The zero-order chi connectivity index (χ0) is 24.6. The molecule has 2 aromatic rings. The number of amides is 2. The van der Waals surface area contributed by atoms with Crippen molar-refractivity contribution in [2.75, 3.05) is 6.54 Å². The number of fused-ring (bicyclic) bond motifs is 1. The largest absolute Gasteiger partial charge is 2.00 e. The van der Waals surface area contributed by atoms with E-state index >= 15 is 0 Å². The molecule has 0 unspecified atom stereocenters. The molecule has 1 aromatic heterocycles. The molecule has 1 N–H and O–H groups in total. The maximum Gasteiger partial charge on any atom is 2.00 e. The van der Waals surface area contributed by atoms with Gasteiger partial charge in [0.2, 0.25) is 5.88 Å². The van der Waals surface area contributed by atoms with Gasteiger partial charge in [0.05, 0.1) is 11.1 Å². The van der Waals surface area contributed by atoms with Crippen molar-refractivity contribution in [3.05, 3.63) is 49.2 Å². The summed E-state index contributed by atoms with van der Waals surface area (Å²) in [6.45, 7) is 9.50. The number of aromatic nitrogens is 1. The van der Waals surface area contributed by atoms with Crippen LogP contribution >= 0.6 is 15.9 Å². The van der Waals surface area contributed by atoms with Gasteiger partial charge in [-0.05, 0) is 46.8 Å². The number of imide groups is 1. The number of pyridine rings is 1. The van der Waals surface area contributed by atoms with Crippen LogP contribution in [0, 0.1) is 30.1 Å². The number of halogens is 1. The van der Waals surface area contributed by atoms with E-state index in [-0.39, 0.29) is 75.6 Å². The molecule has 0 fully saturated rings. The normalized spacial score (nSPS) is 13.1. The van der Waals surface area contributed by atoms with Crippen molar-refractivity contribution in [3.8, 4) is 11.9 Å². The molecule has 1 aliphatic heterocycles. The number of carbonyl (C=O) groups excluding carboxylic acids is 2. The standard InChI is InChI=1S/C23H24BrN5O4.Cu/c1-11(2)9-28-20(30)14-6-7-16(24)19(17(14)22(28)32)27-26-18-13(5)15(8-25)21(31)29(23(18)33)10-12(3)4;/h6-7,11-12,31H,9-10H2,1-5H3;/q;+2. The molecule has 0 aliphatic carbocycles. The molecule has 1 radical (unpaired) electrons. The number of carbonyl (C=O) groups is 2. The first-order chi connectivity index (χ1) is 15.5. The molecule has 0 saturated heterocycles. The van der Waals surface area contributed by atoms with Crippen LogP contribution < -0.4 is 5.56 Å². The Labute approximate surface area is 216 Å². The summed E-state index contributed by atoms with van der Waals surface area (Å²) >= 11 is 3.35. The van der Waals surface area contributed by atoms with Crippen LogP contribution in [0.1, 0.15) is 59.5 Å². The summed E-state index contributed by atoms with van der Waals surface area (Å²) in [6, 6.07) is 5.05. The fourth-order valence-electron chi connectivity index (χ4n) is 3.65. The van der Waals surface area contributed by atoms with Crippen LogP contribution in [-0.4, -0.2) is 32.9 Å². The molecular formula is C23H24BrCuN5O4+2. The number of nitriles is 1. The van der Waals surface area contributed by atoms with Crippen molar-refractivity contribution >= 4 is 39.1 Å². The Morgan fingerprint density at radius 2 is 1.62 bits per heavy atom. The molecule has 0 saturated carbocycles. The van der Waals surface area contributed by atoms with E-state index in [2.05, 4.69) is 26.2 Å². The van der Waals surface area contributed by atoms with Crippen LogP contribution in [0.3, 0.4) is 0 Å². The van der Waals surface area contributed by atoms with Crippen LogP contribution in [0.25, 0.3) is 0 Å². The summed E-state index contributed by atoms with van der Waals surface area (Å²) in [5, 5.41) is 28.2. The minimum absolute atomic E-state index is 0. The molecule has 181 valence electrons. The summed E-state index contributed by atoms with van der Waals surface area (Å²) in [5.41, 5.74) is -0.169. The molecule has 1 aromatic carbocycles. The molecule has 2 heterocycles. The van der Waals surface area contributed by atoms with Gasteiger partial charge in [0, 0.05) is 23.1 Å². The monoisotopic (exact) mass is 576 g/mol. The van der Waals surface area contributed by atoms with E-state index in [1.165, 1.54) is 11.8 Å². The third-order valence-electron chi connectivity index (χ3n) is 5.18. The molecule has 3 rings (SSSR count). The molecule has 2 amide bonds. The first-order valence-electron chi connectivity index (χ1n) is 10.5. The average Bonchev–Trinajstić information content (AvgIpc) is 2.97. The van der Waals surface area contributed by atoms with E-state index in [1.807, 2.05) is 33.8 Å². The first-order valence-corrected chi connectivity index (χ1v) is 11.3. The van der Waals surface area contributed by atoms with E-state index in [9.17, 15) is 24.8 Å². The Kier molecular flexibility index (Phi) is 8.59. The van der Waals surface area contributed by atoms with Crippen molar-refractivity contribution in [2.24, 2.45) is 22.1 Å². The second-order valence-electron chi connectivity index (χ2n) is 8.73. The summed E-state index contributed by atoms with van der Waals surface area (Å²) in [5.74, 6) is -1.19. The smallest absolute Gasteiger partial charge is 0.493 e. The second kappa shape index (κ2) is 10.6. The predicted molar refractivity (Wildman–Crippen MR) is 125 cm³/mol. The average molecular weight is 578 g/mol. The summed E-state index contributed by atoms with van der Waals surface area (Å²) in [4.78, 5) is 40.0. The number of benzene rings is 1. The van der Waals surface area contributed by atoms with Crippen LogP contribution in [0.4, 0.5) is 11.4 Å². The van der Waals surface area contributed by atoms with Crippen molar-refractivity contribution in [3.63, 3.8) is 0 Å². The van der Waals surface area contributed by atoms with E-state index in [0.717, 1.165) is 4.57 Å². The maximum atomic E-state index is 13.0. The van der Waals surface area contributed by atoms with Gasteiger partial charge in [0.25, 0.3) is 17.4 Å². The molecule has 0 bridgehead atoms. The van der Waals surface area contributed by atoms with Gasteiger partial charge in [0.15, 0.2) is 5.69 Å². The van der Waals surface area contributed by atoms with E-state index in [0.29, 0.717) is 4.47 Å². The predicted octanol–water partition coefficient (Wildman–Crippen LogP) is 4.82. The van der Waals surface area contributed by atoms with Gasteiger partial charge in [0.1, 0.15) is 17.3 Å². The van der Waals surface area contributed by atoms with Gasteiger partial charge in [-0.25, -0.2) is 0 Å². The Morgan fingerprint density at radius 3 is 2.18 bits per heavy atom.